The number of phenols is 1. The van der Waals surface area contributed by atoms with Gasteiger partial charge in [-0.1, -0.05) is 78.4 Å². The second-order valence-corrected chi connectivity index (χ2v) is 13.0. The summed E-state index contributed by atoms with van der Waals surface area (Å²) in [5, 5.41) is 18.0. The third-order valence-electron chi connectivity index (χ3n) is 8.79. The molecule has 12 heteroatoms. The number of hydrogen-bond donors (Lipinski definition) is 2. The van der Waals surface area contributed by atoms with Crippen molar-refractivity contribution in [3.8, 4) is 39.5 Å². The molecule has 0 radical (unpaired) electrons. The Morgan fingerprint density at radius 1 is 0.700 bits per heavy atom. The first kappa shape index (κ1) is 46.6. The van der Waals surface area contributed by atoms with Gasteiger partial charge in [0.2, 0.25) is 0 Å². The predicted molar refractivity (Wildman–Crippen MR) is 223 cm³/mol. The van der Waals surface area contributed by atoms with Crippen LogP contribution in [-0.4, -0.2) is 30.4 Å². The van der Waals surface area contributed by atoms with Gasteiger partial charge in [0.1, 0.15) is 36.0 Å². The van der Waals surface area contributed by atoms with Crippen molar-refractivity contribution < 1.29 is 77.8 Å². The van der Waals surface area contributed by atoms with Crippen molar-refractivity contribution in [2.75, 3.05) is 14.2 Å². The Labute approximate surface area is 368 Å². The Morgan fingerprint density at radius 2 is 1.23 bits per heavy atom. The molecule has 0 unspecified atom stereocenters. The summed E-state index contributed by atoms with van der Waals surface area (Å²) in [6, 6.07) is 42.4. The van der Waals surface area contributed by atoms with Crippen LogP contribution < -0.4 is 44.7 Å². The number of carbonyl (C=O) groups excluding carboxylic acids is 1. The average molecular weight is 827 g/mol. The number of fused-ring (bicyclic) bond motifs is 1. The van der Waals surface area contributed by atoms with Gasteiger partial charge in [0.05, 0.1) is 12.7 Å². The summed E-state index contributed by atoms with van der Waals surface area (Å²) in [4.78, 5) is 22.5. The Kier molecular flexibility index (Phi) is 17.3. The number of phenolic OH excluding ortho intramolecular Hbond substituents is 1. The topological polar surface area (TPSA) is 115 Å². The van der Waals surface area contributed by atoms with Gasteiger partial charge in [0.15, 0.2) is 0 Å². The minimum absolute atomic E-state index is 0. The standard InChI is InChI=1S/C24H19F3O4.C23H18O3.CH4O.Na.H/c1-30-23(29)12-8-18-7-11-21(14-22(18)28)31-15-16-3-2-4-19(13-16)17-5-9-20(10-6-17)24(25,26)27;1-16-5-7-18(8-6-16)20-4-2-3-17(13-20)15-25-21-11-9-19-10-12-23(24)26-22(19)14-21;1-2;;/h2-14,28H,15H2,1H3;2-14H,15H2,1H3;2H,1H3;;/q;;;+1;-1/b12-8+;;;;. The monoisotopic (exact) mass is 826 g/mol. The van der Waals surface area contributed by atoms with E-state index in [0.29, 0.717) is 34.8 Å². The van der Waals surface area contributed by atoms with Crippen LogP contribution in [0.15, 0.2) is 161 Å². The van der Waals surface area contributed by atoms with E-state index < -0.39 is 17.7 Å². The number of alkyl halides is 3. The number of rotatable bonds is 10. The number of carbonyl (C=O) groups is 1. The van der Waals surface area contributed by atoms with Crippen LogP contribution in [0.3, 0.4) is 0 Å². The summed E-state index contributed by atoms with van der Waals surface area (Å²) in [6.07, 6.45) is -1.74. The normalized spacial score (nSPS) is 10.7. The molecule has 60 heavy (non-hydrogen) atoms. The molecule has 0 bridgehead atoms. The van der Waals surface area contributed by atoms with E-state index in [1.807, 2.05) is 36.4 Å². The van der Waals surface area contributed by atoms with Gasteiger partial charge < -0.3 is 30.3 Å². The largest absolute Gasteiger partial charge is 1.00 e. The molecule has 0 spiro atoms. The molecule has 2 N–H and O–H groups in total. The number of ether oxygens (including phenoxy) is 3. The van der Waals surface area contributed by atoms with Crippen molar-refractivity contribution in [3.05, 3.63) is 190 Å². The summed E-state index contributed by atoms with van der Waals surface area (Å²) in [5.74, 6) is 0.504. The maximum atomic E-state index is 12.7. The van der Waals surface area contributed by atoms with E-state index in [1.54, 1.807) is 36.4 Å². The second kappa shape index (κ2) is 22.3. The van der Waals surface area contributed by atoms with Gasteiger partial charge in [-0.2, -0.15) is 13.2 Å². The number of aliphatic hydroxyl groups is 1. The number of hydrogen-bond acceptors (Lipinski definition) is 8. The van der Waals surface area contributed by atoms with Gasteiger partial charge >= 0.3 is 47.3 Å². The number of aliphatic hydroxyl groups excluding tert-OH is 1. The zero-order valence-electron chi connectivity index (χ0n) is 34.4. The molecule has 304 valence electrons. The van der Waals surface area contributed by atoms with E-state index in [4.69, 9.17) is 19.0 Å². The third-order valence-corrected chi connectivity index (χ3v) is 8.79. The number of benzene rings is 6. The van der Waals surface area contributed by atoms with Crippen LogP contribution in [-0.2, 0) is 28.9 Å². The van der Waals surface area contributed by atoms with Crippen LogP contribution in [0.4, 0.5) is 13.2 Å². The molecule has 0 saturated carbocycles. The Hall–Kier alpha value is -6.11. The summed E-state index contributed by atoms with van der Waals surface area (Å²) >= 11 is 0. The first-order valence-corrected chi connectivity index (χ1v) is 18.2. The summed E-state index contributed by atoms with van der Waals surface area (Å²) in [7, 11) is 2.26. The fourth-order valence-corrected chi connectivity index (χ4v) is 5.72. The van der Waals surface area contributed by atoms with Gasteiger partial charge in [0, 0.05) is 42.3 Å². The molecule has 6 aromatic carbocycles. The minimum Gasteiger partial charge on any atom is -1.00 e. The van der Waals surface area contributed by atoms with Crippen molar-refractivity contribution in [3.63, 3.8) is 0 Å². The summed E-state index contributed by atoms with van der Waals surface area (Å²) in [5.41, 5.74) is 6.82. The van der Waals surface area contributed by atoms with Crippen LogP contribution in [0.5, 0.6) is 17.2 Å². The Bertz CT molecular complexity index is 2570. The molecule has 7 rings (SSSR count). The van der Waals surface area contributed by atoms with E-state index in [-0.39, 0.29) is 49.0 Å². The molecular formula is C48H42F3NaO8. The Balaban J connectivity index is 0.000000306. The molecule has 1 aromatic heterocycles. The van der Waals surface area contributed by atoms with Gasteiger partial charge in [-0.3, -0.25) is 0 Å². The molecule has 0 saturated heterocycles. The molecule has 0 aliphatic rings. The molecule has 0 atom stereocenters. The first-order valence-electron chi connectivity index (χ1n) is 18.2. The van der Waals surface area contributed by atoms with E-state index in [1.165, 1.54) is 54.7 Å². The summed E-state index contributed by atoms with van der Waals surface area (Å²) in [6.45, 7) is 2.73. The molecule has 0 amide bonds. The van der Waals surface area contributed by atoms with Crippen LogP contribution in [0.2, 0.25) is 0 Å². The van der Waals surface area contributed by atoms with E-state index in [2.05, 4.69) is 48.1 Å². The first-order chi connectivity index (χ1) is 28.4. The van der Waals surface area contributed by atoms with E-state index >= 15 is 0 Å². The van der Waals surface area contributed by atoms with Gasteiger partial charge in [-0.05, 0) is 101 Å². The zero-order valence-corrected chi connectivity index (χ0v) is 35.4. The number of halogens is 3. The van der Waals surface area contributed by atoms with Crippen molar-refractivity contribution in [1.29, 1.82) is 0 Å². The molecule has 0 fully saturated rings. The minimum atomic E-state index is -4.37. The van der Waals surface area contributed by atoms with Crippen molar-refractivity contribution in [1.82, 2.24) is 0 Å². The number of aryl methyl sites for hydroxylation is 1. The SMILES string of the molecule is CO.COC(=O)/C=C/c1ccc(OCc2cccc(-c3ccc(C(F)(F)F)cc3)c2)cc1O.Cc1ccc(-c2cccc(COc3ccc4ccc(=O)oc4c3)c2)cc1.[H-].[Na+]. The number of methoxy groups -OCH3 is 1. The summed E-state index contributed by atoms with van der Waals surface area (Å²) < 4.78 is 59.5. The van der Waals surface area contributed by atoms with Gasteiger partial charge in [-0.25, -0.2) is 9.59 Å². The van der Waals surface area contributed by atoms with Crippen LogP contribution in [0.1, 0.15) is 29.2 Å². The fourth-order valence-electron chi connectivity index (χ4n) is 5.72. The molecule has 7 aromatic rings. The molecule has 0 aliphatic carbocycles. The van der Waals surface area contributed by atoms with Gasteiger partial charge in [-0.15, -0.1) is 0 Å². The smallest absolute Gasteiger partial charge is 1.00 e. The van der Waals surface area contributed by atoms with Crippen molar-refractivity contribution in [2.24, 2.45) is 0 Å². The van der Waals surface area contributed by atoms with Crippen LogP contribution in [0, 0.1) is 6.92 Å². The predicted octanol–water partition coefficient (Wildman–Crippen LogP) is 7.92. The maximum absolute atomic E-state index is 12.7. The average Bonchev–Trinajstić information content (AvgIpc) is 3.25. The second-order valence-electron chi connectivity index (χ2n) is 13.0. The quantitative estimate of drug-likeness (QED) is 0.0619. The van der Waals surface area contributed by atoms with Crippen LogP contribution in [0.25, 0.3) is 39.3 Å². The van der Waals surface area contributed by atoms with Crippen LogP contribution >= 0.6 is 0 Å². The van der Waals surface area contributed by atoms with E-state index in [9.17, 15) is 27.9 Å². The molecule has 8 nitrogen and oxygen atoms in total. The number of aromatic hydroxyl groups is 1. The molecular weight excluding hydrogens is 785 g/mol. The van der Waals surface area contributed by atoms with E-state index in [0.717, 1.165) is 46.9 Å². The fraction of sp³-hybridized carbons (Fsp3) is 0.125. The molecule has 1 heterocycles. The number of esters is 1. The van der Waals surface area contributed by atoms with Gasteiger partial charge in [0.25, 0.3) is 0 Å². The third kappa shape index (κ3) is 13.5. The van der Waals surface area contributed by atoms with Crippen molar-refractivity contribution in [2.45, 2.75) is 26.3 Å². The molecule has 0 aliphatic heterocycles. The zero-order chi connectivity index (χ0) is 42.4. The van der Waals surface area contributed by atoms with Crippen molar-refractivity contribution >= 4 is 23.0 Å². The Morgan fingerprint density at radius 3 is 1.78 bits per heavy atom. The maximum Gasteiger partial charge on any atom is 1.00 e.